The highest BCUT2D eigenvalue weighted by atomic mass is 19.1. The van der Waals surface area contributed by atoms with E-state index in [0.717, 1.165) is 30.5 Å². The molecule has 0 spiro atoms. The summed E-state index contributed by atoms with van der Waals surface area (Å²) in [5.74, 6) is -0.258. The van der Waals surface area contributed by atoms with Gasteiger partial charge in [0.15, 0.2) is 0 Å². The second-order valence-electron chi connectivity index (χ2n) is 11.4. The Kier molecular flexibility index (Phi) is 6.25. The minimum absolute atomic E-state index is 0.000810. The summed E-state index contributed by atoms with van der Waals surface area (Å²) in [6.07, 6.45) is 7.20. The van der Waals surface area contributed by atoms with Crippen LogP contribution in [0.2, 0.25) is 0 Å². The van der Waals surface area contributed by atoms with Gasteiger partial charge in [-0.05, 0) is 73.4 Å². The first-order chi connectivity index (χ1) is 19.9. The van der Waals surface area contributed by atoms with Crippen molar-refractivity contribution in [2.45, 2.75) is 44.6 Å². The molecule has 7 rings (SSSR count). The van der Waals surface area contributed by atoms with Gasteiger partial charge in [-0.3, -0.25) is 9.59 Å². The Morgan fingerprint density at radius 2 is 1.83 bits per heavy atom. The number of pyridine rings is 2. The molecule has 5 heterocycles. The molecule has 0 N–H and O–H groups in total. The van der Waals surface area contributed by atoms with Gasteiger partial charge in [-0.25, -0.2) is 9.97 Å². The number of esters is 1. The number of aromatic nitrogens is 3. The summed E-state index contributed by atoms with van der Waals surface area (Å²) >= 11 is 0. The Morgan fingerprint density at radius 1 is 1.00 bits per heavy atom. The summed E-state index contributed by atoms with van der Waals surface area (Å²) in [6.45, 7) is 3.82. The summed E-state index contributed by atoms with van der Waals surface area (Å²) < 4.78 is 22.1. The molecule has 9 heteroatoms. The maximum absolute atomic E-state index is 15.4. The highest BCUT2D eigenvalue weighted by molar-refractivity contribution is 5.95. The molecule has 3 aromatic heterocycles. The molecular weight excluding hydrogens is 521 g/mol. The van der Waals surface area contributed by atoms with Crippen molar-refractivity contribution in [3.63, 3.8) is 0 Å². The van der Waals surface area contributed by atoms with Gasteiger partial charge in [-0.2, -0.15) is 4.39 Å². The van der Waals surface area contributed by atoms with Crippen molar-refractivity contribution in [3.05, 3.63) is 83.1 Å². The molecule has 2 aliphatic heterocycles. The summed E-state index contributed by atoms with van der Waals surface area (Å²) in [7, 11) is 1.38. The van der Waals surface area contributed by atoms with Gasteiger partial charge >= 0.3 is 5.97 Å². The first kappa shape index (κ1) is 25.7. The number of rotatable bonds is 5. The van der Waals surface area contributed by atoms with Gasteiger partial charge < -0.3 is 18.9 Å². The average molecular weight is 554 g/mol. The number of halogens is 1. The number of fused-ring (bicyclic) bond motifs is 2. The molecule has 1 aromatic carbocycles. The Morgan fingerprint density at radius 3 is 2.61 bits per heavy atom. The molecule has 2 atom stereocenters. The molecule has 1 aliphatic carbocycles. The van der Waals surface area contributed by atoms with Crippen LogP contribution < -0.4 is 4.90 Å². The standard InChI is InChI=1S/C32H32FN5O3/c1-19-24-6-4-3-5-20(24)12-14-38(19)31(39)23-15-26(21-7-8-21)30-34-27(18-37(30)17-23)25-9-10-28(35-29(25)33)36-13-11-22(16-36)32(40)41-2/h3-6,9-10,15,17-19,21-22H,7-8,11-14,16H2,1-2H3/t19-,22+/m1/s1. The lowest BCUT2D eigenvalue weighted by atomic mass is 9.93. The molecule has 41 heavy (non-hydrogen) atoms. The smallest absolute Gasteiger partial charge is 0.310 e. The third-order valence-corrected chi connectivity index (χ3v) is 8.86. The number of carbonyl (C=O) groups excluding carboxylic acids is 2. The van der Waals surface area contributed by atoms with Gasteiger partial charge in [-0.1, -0.05) is 24.3 Å². The molecule has 2 fully saturated rings. The molecule has 8 nitrogen and oxygen atoms in total. The number of hydrogen-bond donors (Lipinski definition) is 0. The van der Waals surface area contributed by atoms with Crippen molar-refractivity contribution < 1.29 is 18.7 Å². The van der Waals surface area contributed by atoms with Gasteiger partial charge in [0, 0.05) is 32.0 Å². The Labute approximate surface area is 237 Å². The van der Waals surface area contributed by atoms with Crippen LogP contribution in [0, 0.1) is 11.9 Å². The molecule has 0 radical (unpaired) electrons. The van der Waals surface area contributed by atoms with Crippen LogP contribution in [-0.2, 0) is 16.0 Å². The van der Waals surface area contributed by atoms with E-state index in [4.69, 9.17) is 9.72 Å². The fourth-order valence-corrected chi connectivity index (χ4v) is 6.40. The van der Waals surface area contributed by atoms with Crippen molar-refractivity contribution in [2.24, 2.45) is 5.92 Å². The largest absolute Gasteiger partial charge is 0.469 e. The van der Waals surface area contributed by atoms with Crippen molar-refractivity contribution in [3.8, 4) is 11.3 Å². The van der Waals surface area contributed by atoms with E-state index in [1.165, 1.54) is 18.2 Å². The second-order valence-corrected chi connectivity index (χ2v) is 11.4. The van der Waals surface area contributed by atoms with Gasteiger partial charge in [0.1, 0.15) is 11.5 Å². The number of nitrogens with zero attached hydrogens (tertiary/aromatic N) is 5. The van der Waals surface area contributed by atoms with Crippen LogP contribution in [-0.4, -0.2) is 57.9 Å². The third-order valence-electron chi connectivity index (χ3n) is 8.86. The first-order valence-electron chi connectivity index (χ1n) is 14.3. The van der Waals surface area contributed by atoms with E-state index >= 15 is 4.39 Å². The minimum Gasteiger partial charge on any atom is -0.469 e. The molecule has 1 amide bonds. The number of imidazole rings is 1. The quantitative estimate of drug-likeness (QED) is 0.251. The van der Waals surface area contributed by atoms with Crippen LogP contribution in [0.15, 0.2) is 54.9 Å². The Hall–Kier alpha value is -4.27. The lowest BCUT2D eigenvalue weighted by Gasteiger charge is -2.35. The van der Waals surface area contributed by atoms with Gasteiger partial charge in [0.05, 0.1) is 35.9 Å². The van der Waals surface area contributed by atoms with Crippen LogP contribution in [0.5, 0.6) is 0 Å². The molecule has 0 unspecified atom stereocenters. The fraction of sp³-hybridized carbons (Fsp3) is 0.375. The zero-order valence-electron chi connectivity index (χ0n) is 23.2. The number of ether oxygens (including phenoxy) is 1. The monoisotopic (exact) mass is 553 g/mol. The topological polar surface area (TPSA) is 80.0 Å². The first-order valence-corrected chi connectivity index (χ1v) is 14.3. The minimum atomic E-state index is -0.613. The maximum Gasteiger partial charge on any atom is 0.310 e. The molecule has 4 aromatic rings. The number of carbonyl (C=O) groups is 2. The molecular formula is C32H32FN5O3. The van der Waals surface area contributed by atoms with Gasteiger partial charge in [-0.15, -0.1) is 0 Å². The second kappa shape index (κ2) is 9.98. The summed E-state index contributed by atoms with van der Waals surface area (Å²) in [6, 6.07) is 13.8. The SMILES string of the molecule is COC(=O)[C@H]1CCN(c2ccc(-c3cn4cc(C(=O)N5CCc6ccccc6[C@H]5C)cc(C5CC5)c4n3)c(F)n2)C1. The predicted molar refractivity (Wildman–Crippen MR) is 152 cm³/mol. The highest BCUT2D eigenvalue weighted by Gasteiger charge is 2.33. The molecule has 3 aliphatic rings. The maximum atomic E-state index is 15.4. The van der Waals surface area contributed by atoms with Gasteiger partial charge in [0.2, 0.25) is 5.95 Å². The predicted octanol–water partition coefficient (Wildman–Crippen LogP) is 5.17. The Bertz CT molecular complexity index is 1680. The lowest BCUT2D eigenvalue weighted by molar-refractivity contribution is -0.144. The molecule has 1 saturated carbocycles. The van der Waals surface area contributed by atoms with E-state index in [1.54, 1.807) is 18.3 Å². The molecule has 1 saturated heterocycles. The number of amides is 1. The summed E-state index contributed by atoms with van der Waals surface area (Å²) in [5.41, 5.74) is 5.67. The van der Waals surface area contributed by atoms with Crippen LogP contribution in [0.4, 0.5) is 10.2 Å². The van der Waals surface area contributed by atoms with E-state index in [0.29, 0.717) is 54.6 Å². The fourth-order valence-electron chi connectivity index (χ4n) is 6.40. The normalized spacial score (nSPS) is 20.4. The van der Waals surface area contributed by atoms with Crippen molar-refractivity contribution in [1.82, 2.24) is 19.3 Å². The zero-order chi connectivity index (χ0) is 28.2. The van der Waals surface area contributed by atoms with Crippen LogP contribution in [0.1, 0.15) is 65.2 Å². The molecule has 0 bridgehead atoms. The van der Waals surface area contributed by atoms with E-state index < -0.39 is 5.95 Å². The Balaban J connectivity index is 1.19. The summed E-state index contributed by atoms with van der Waals surface area (Å²) in [4.78, 5) is 38.6. The van der Waals surface area contributed by atoms with E-state index in [-0.39, 0.29) is 23.8 Å². The van der Waals surface area contributed by atoms with Crippen LogP contribution in [0.3, 0.4) is 0 Å². The number of anilines is 1. The van der Waals surface area contributed by atoms with Crippen LogP contribution in [0.25, 0.3) is 16.9 Å². The highest BCUT2D eigenvalue weighted by Crippen LogP contribution is 2.43. The van der Waals surface area contributed by atoms with Gasteiger partial charge in [0.25, 0.3) is 5.91 Å². The van der Waals surface area contributed by atoms with E-state index in [9.17, 15) is 9.59 Å². The zero-order valence-corrected chi connectivity index (χ0v) is 23.2. The third kappa shape index (κ3) is 4.53. The average Bonchev–Trinajstić information content (AvgIpc) is 3.55. The van der Waals surface area contributed by atoms with Crippen molar-refractivity contribution >= 4 is 23.3 Å². The number of hydrogen-bond acceptors (Lipinski definition) is 6. The summed E-state index contributed by atoms with van der Waals surface area (Å²) in [5, 5.41) is 0. The molecule has 210 valence electrons. The number of benzene rings is 1. The van der Waals surface area contributed by atoms with Crippen molar-refractivity contribution in [2.75, 3.05) is 31.6 Å². The lowest BCUT2D eigenvalue weighted by Crippen LogP contribution is -2.39. The van der Waals surface area contributed by atoms with E-state index in [2.05, 4.69) is 24.0 Å². The van der Waals surface area contributed by atoms with E-state index in [1.807, 2.05) is 38.6 Å². The van der Waals surface area contributed by atoms with Crippen LogP contribution >= 0.6 is 0 Å². The van der Waals surface area contributed by atoms with Crippen molar-refractivity contribution in [1.29, 1.82) is 0 Å². The number of methoxy groups -OCH3 is 1.